The summed E-state index contributed by atoms with van der Waals surface area (Å²) in [7, 11) is 1.73. The molecule has 4 fully saturated rings. The summed E-state index contributed by atoms with van der Waals surface area (Å²) in [5, 5.41) is 23.7. The van der Waals surface area contributed by atoms with Crippen LogP contribution in [0, 0.1) is 47.3 Å². The number of hydrogen-bond acceptors (Lipinski definition) is 3. The van der Waals surface area contributed by atoms with Gasteiger partial charge in [0, 0.05) is 13.5 Å². The molecule has 4 saturated carbocycles. The van der Waals surface area contributed by atoms with Crippen LogP contribution in [-0.4, -0.2) is 35.4 Å². The van der Waals surface area contributed by atoms with Crippen LogP contribution in [0.2, 0.25) is 0 Å². The molecule has 0 radical (unpaired) electrons. The number of aliphatic hydroxyl groups excluding tert-OH is 2. The van der Waals surface area contributed by atoms with Gasteiger partial charge in [-0.3, -0.25) is 4.79 Å². The normalized spacial score (nSPS) is 47.5. The molecule has 3 N–H and O–H groups in total. The second kappa shape index (κ2) is 8.02. The van der Waals surface area contributed by atoms with E-state index in [4.69, 9.17) is 0 Å². The van der Waals surface area contributed by atoms with E-state index in [1.54, 1.807) is 7.05 Å². The van der Waals surface area contributed by atoms with Gasteiger partial charge in [0.15, 0.2) is 0 Å². The number of aliphatic hydroxyl groups is 2. The summed E-state index contributed by atoms with van der Waals surface area (Å²) in [5.41, 5.74) is 0. The van der Waals surface area contributed by atoms with E-state index in [1.165, 1.54) is 25.7 Å². The van der Waals surface area contributed by atoms with Crippen molar-refractivity contribution in [3.8, 4) is 0 Å². The maximum atomic E-state index is 11.6. The standard InChI is InChI=1S/C23H39NO3/c1-13(3-10-23(27)24-2)15-6-7-17-16(15)8-9-18-19-5-4-14(25)11-21(19)22(26)12-20(17)18/h13-22,25-26H,3-12H2,1-2H3,(H,24,27). The summed E-state index contributed by atoms with van der Waals surface area (Å²) in [6.07, 6.45) is 10.4. The van der Waals surface area contributed by atoms with Crippen molar-refractivity contribution in [1.29, 1.82) is 0 Å². The van der Waals surface area contributed by atoms with Crippen LogP contribution in [-0.2, 0) is 4.79 Å². The molecule has 1 amide bonds. The number of rotatable bonds is 4. The van der Waals surface area contributed by atoms with Crippen molar-refractivity contribution in [2.45, 2.75) is 83.3 Å². The van der Waals surface area contributed by atoms with Gasteiger partial charge in [-0.1, -0.05) is 6.92 Å². The Labute approximate surface area is 164 Å². The third-order valence-electron chi connectivity index (χ3n) is 9.19. The highest BCUT2D eigenvalue weighted by Gasteiger charge is 2.54. The van der Waals surface area contributed by atoms with Crippen LogP contribution >= 0.6 is 0 Å². The molecule has 0 aromatic carbocycles. The Kier molecular flexibility index (Phi) is 5.85. The van der Waals surface area contributed by atoms with Gasteiger partial charge in [0.05, 0.1) is 12.2 Å². The molecule has 27 heavy (non-hydrogen) atoms. The molecule has 4 rings (SSSR count). The number of amides is 1. The molecule has 4 aliphatic carbocycles. The molecule has 0 aromatic heterocycles. The van der Waals surface area contributed by atoms with Crippen molar-refractivity contribution in [2.24, 2.45) is 47.3 Å². The summed E-state index contributed by atoms with van der Waals surface area (Å²) >= 11 is 0. The summed E-state index contributed by atoms with van der Waals surface area (Å²) in [5.74, 6) is 5.63. The zero-order chi connectivity index (χ0) is 19.1. The average Bonchev–Trinajstić information content (AvgIpc) is 3.10. The lowest BCUT2D eigenvalue weighted by Gasteiger charge is -2.54. The first kappa shape index (κ1) is 19.7. The highest BCUT2D eigenvalue weighted by atomic mass is 16.3. The van der Waals surface area contributed by atoms with Gasteiger partial charge in [-0.2, -0.15) is 0 Å². The van der Waals surface area contributed by atoms with Gasteiger partial charge in [-0.15, -0.1) is 0 Å². The second-order valence-corrected chi connectivity index (χ2v) is 10.3. The highest BCUT2D eigenvalue weighted by Crippen LogP contribution is 2.60. The van der Waals surface area contributed by atoms with Crippen LogP contribution in [0.1, 0.15) is 71.1 Å². The zero-order valence-electron chi connectivity index (χ0n) is 17.1. The molecule has 10 unspecified atom stereocenters. The van der Waals surface area contributed by atoms with Crippen molar-refractivity contribution in [2.75, 3.05) is 7.05 Å². The van der Waals surface area contributed by atoms with Gasteiger partial charge in [0.25, 0.3) is 0 Å². The van der Waals surface area contributed by atoms with Gasteiger partial charge in [0.1, 0.15) is 0 Å². The predicted molar refractivity (Wildman–Crippen MR) is 106 cm³/mol. The molecular formula is C23H39NO3. The Morgan fingerprint density at radius 3 is 2.30 bits per heavy atom. The Bertz CT molecular complexity index is 538. The SMILES string of the molecule is CNC(=O)CCC(C)C1CCC2C1CCC1C3CCC(O)CC3C(O)CC21. The Morgan fingerprint density at radius 2 is 1.52 bits per heavy atom. The van der Waals surface area contributed by atoms with E-state index in [9.17, 15) is 15.0 Å². The lowest BCUT2D eigenvalue weighted by atomic mass is 9.52. The summed E-state index contributed by atoms with van der Waals surface area (Å²) in [4.78, 5) is 11.6. The lowest BCUT2D eigenvalue weighted by molar-refractivity contribution is -0.121. The minimum Gasteiger partial charge on any atom is -0.393 e. The number of nitrogens with one attached hydrogen (secondary N) is 1. The van der Waals surface area contributed by atoms with E-state index in [2.05, 4.69) is 12.2 Å². The summed E-state index contributed by atoms with van der Waals surface area (Å²) in [6.45, 7) is 2.36. The molecular weight excluding hydrogens is 338 g/mol. The maximum absolute atomic E-state index is 11.6. The van der Waals surface area contributed by atoms with Gasteiger partial charge in [-0.05, 0) is 105 Å². The fourth-order valence-electron chi connectivity index (χ4n) is 7.93. The van der Waals surface area contributed by atoms with Crippen molar-refractivity contribution in [3.05, 3.63) is 0 Å². The summed E-state index contributed by atoms with van der Waals surface area (Å²) < 4.78 is 0. The zero-order valence-corrected chi connectivity index (χ0v) is 17.1. The van der Waals surface area contributed by atoms with Crippen molar-refractivity contribution < 1.29 is 15.0 Å². The van der Waals surface area contributed by atoms with Gasteiger partial charge < -0.3 is 15.5 Å². The molecule has 0 bridgehead atoms. The van der Waals surface area contributed by atoms with Crippen molar-refractivity contribution in [1.82, 2.24) is 5.32 Å². The van der Waals surface area contributed by atoms with E-state index in [0.29, 0.717) is 30.1 Å². The van der Waals surface area contributed by atoms with Crippen LogP contribution < -0.4 is 5.32 Å². The Balaban J connectivity index is 1.42. The van der Waals surface area contributed by atoms with E-state index < -0.39 is 0 Å². The van der Waals surface area contributed by atoms with Crippen LogP contribution in [0.4, 0.5) is 0 Å². The first-order valence-corrected chi connectivity index (χ1v) is 11.6. The van der Waals surface area contributed by atoms with E-state index in [0.717, 1.165) is 55.8 Å². The van der Waals surface area contributed by atoms with Crippen LogP contribution in [0.3, 0.4) is 0 Å². The van der Waals surface area contributed by atoms with E-state index >= 15 is 0 Å². The van der Waals surface area contributed by atoms with Gasteiger partial charge in [-0.25, -0.2) is 0 Å². The molecule has 4 nitrogen and oxygen atoms in total. The molecule has 0 spiro atoms. The topological polar surface area (TPSA) is 69.6 Å². The van der Waals surface area contributed by atoms with Crippen LogP contribution in [0.25, 0.3) is 0 Å². The molecule has 154 valence electrons. The smallest absolute Gasteiger partial charge is 0.219 e. The minimum atomic E-state index is -0.199. The number of carbonyl (C=O) groups excluding carboxylic acids is 1. The number of fused-ring (bicyclic) bond motifs is 5. The summed E-state index contributed by atoms with van der Waals surface area (Å²) in [6, 6.07) is 0. The van der Waals surface area contributed by atoms with Crippen LogP contribution in [0.15, 0.2) is 0 Å². The first-order chi connectivity index (χ1) is 13.0. The molecule has 10 atom stereocenters. The lowest BCUT2D eigenvalue weighted by Crippen LogP contribution is -2.51. The van der Waals surface area contributed by atoms with E-state index in [-0.39, 0.29) is 18.1 Å². The Hall–Kier alpha value is -0.610. The molecule has 0 heterocycles. The quantitative estimate of drug-likeness (QED) is 0.704. The minimum absolute atomic E-state index is 0.168. The fourth-order valence-corrected chi connectivity index (χ4v) is 7.93. The third-order valence-corrected chi connectivity index (χ3v) is 9.19. The van der Waals surface area contributed by atoms with Crippen LogP contribution in [0.5, 0.6) is 0 Å². The molecule has 0 saturated heterocycles. The average molecular weight is 378 g/mol. The van der Waals surface area contributed by atoms with Gasteiger partial charge >= 0.3 is 0 Å². The monoisotopic (exact) mass is 377 g/mol. The molecule has 4 heteroatoms. The second-order valence-electron chi connectivity index (χ2n) is 10.3. The molecule has 0 aliphatic heterocycles. The van der Waals surface area contributed by atoms with Gasteiger partial charge in [0.2, 0.25) is 5.91 Å². The van der Waals surface area contributed by atoms with Crippen molar-refractivity contribution >= 4 is 5.91 Å². The van der Waals surface area contributed by atoms with Crippen molar-refractivity contribution in [3.63, 3.8) is 0 Å². The third kappa shape index (κ3) is 3.69. The highest BCUT2D eigenvalue weighted by molar-refractivity contribution is 5.75. The molecule has 0 aromatic rings. The fraction of sp³-hybridized carbons (Fsp3) is 0.957. The Morgan fingerprint density at radius 1 is 0.889 bits per heavy atom. The van der Waals surface area contributed by atoms with E-state index in [1.807, 2.05) is 0 Å². The maximum Gasteiger partial charge on any atom is 0.219 e. The molecule has 4 aliphatic rings. The number of carbonyl (C=O) groups is 1. The number of hydrogen-bond donors (Lipinski definition) is 3. The largest absolute Gasteiger partial charge is 0.393 e. The predicted octanol–water partition coefficient (Wildman–Crippen LogP) is 3.36. The first-order valence-electron chi connectivity index (χ1n) is 11.6.